The monoisotopic (exact) mass is 420 g/mol. The maximum absolute atomic E-state index is 12.0. The van der Waals surface area contributed by atoms with Crippen LogP contribution >= 0.6 is 11.8 Å². The Kier molecular flexibility index (Phi) is 9.18. The number of esters is 1. The average molecular weight is 421 g/mol. The summed E-state index contributed by atoms with van der Waals surface area (Å²) in [7, 11) is 0. The van der Waals surface area contributed by atoms with Crippen LogP contribution in [-0.2, 0) is 30.5 Å². The fourth-order valence-electron chi connectivity index (χ4n) is 3.03. The van der Waals surface area contributed by atoms with Crippen molar-refractivity contribution in [3.63, 3.8) is 0 Å². The van der Waals surface area contributed by atoms with Crippen LogP contribution in [0.5, 0.6) is 0 Å². The van der Waals surface area contributed by atoms with Gasteiger partial charge in [0.15, 0.2) is 5.78 Å². The van der Waals surface area contributed by atoms with E-state index in [0.29, 0.717) is 19.4 Å². The standard InChI is InChI=1S/C21H28N2O5S/c1-15(24)28-14-16-7-9-17(10-8-16)22-13-18(25)6-4-3-5-11-23-20(26)12-19(29-2)21(23)27/h7-10,19,22H,3-6,11-14H2,1-2H3. The molecule has 0 bridgehead atoms. The first kappa shape index (κ1) is 22.9. The van der Waals surface area contributed by atoms with Crippen molar-refractivity contribution in [1.29, 1.82) is 0 Å². The third-order valence-corrected chi connectivity index (χ3v) is 5.65. The molecule has 7 nitrogen and oxygen atoms in total. The average Bonchev–Trinajstić information content (AvgIpc) is 2.98. The number of hydrogen-bond acceptors (Lipinski definition) is 7. The number of ketones is 1. The van der Waals surface area contributed by atoms with Crippen LogP contribution in [-0.4, -0.2) is 53.1 Å². The van der Waals surface area contributed by atoms with Gasteiger partial charge < -0.3 is 10.1 Å². The molecule has 1 aliphatic heterocycles. The molecule has 1 aliphatic rings. The zero-order valence-electron chi connectivity index (χ0n) is 16.9. The summed E-state index contributed by atoms with van der Waals surface area (Å²) in [5, 5.41) is 2.86. The summed E-state index contributed by atoms with van der Waals surface area (Å²) in [6.45, 7) is 2.30. The number of likely N-dealkylation sites (tertiary alicyclic amines) is 1. The maximum atomic E-state index is 12.0. The Labute approximate surface area is 175 Å². The molecular formula is C21H28N2O5S. The zero-order valence-corrected chi connectivity index (χ0v) is 17.8. The first-order valence-corrected chi connectivity index (χ1v) is 11.0. The lowest BCUT2D eigenvalue weighted by molar-refractivity contribution is -0.142. The summed E-state index contributed by atoms with van der Waals surface area (Å²) in [6.07, 6.45) is 4.88. The number of ether oxygens (including phenoxy) is 1. The van der Waals surface area contributed by atoms with Crippen molar-refractivity contribution in [2.75, 3.05) is 24.7 Å². The van der Waals surface area contributed by atoms with Gasteiger partial charge in [0.1, 0.15) is 6.61 Å². The van der Waals surface area contributed by atoms with Crippen molar-refractivity contribution in [1.82, 2.24) is 4.90 Å². The normalized spacial score (nSPS) is 16.2. The van der Waals surface area contributed by atoms with Crippen LogP contribution in [0.4, 0.5) is 5.69 Å². The summed E-state index contributed by atoms with van der Waals surface area (Å²) in [6, 6.07) is 7.38. The van der Waals surface area contributed by atoms with E-state index >= 15 is 0 Å². The third-order valence-electron chi connectivity index (χ3n) is 4.71. The van der Waals surface area contributed by atoms with Gasteiger partial charge in [-0.3, -0.25) is 24.1 Å². The van der Waals surface area contributed by atoms with Crippen molar-refractivity contribution in [3.8, 4) is 0 Å². The zero-order chi connectivity index (χ0) is 21.2. The van der Waals surface area contributed by atoms with Crippen LogP contribution in [0, 0.1) is 0 Å². The van der Waals surface area contributed by atoms with Crippen molar-refractivity contribution < 1.29 is 23.9 Å². The lowest BCUT2D eigenvalue weighted by atomic mass is 10.1. The second kappa shape index (κ2) is 11.6. The molecule has 1 fully saturated rings. The van der Waals surface area contributed by atoms with Crippen LogP contribution < -0.4 is 5.32 Å². The van der Waals surface area contributed by atoms with Gasteiger partial charge in [0.05, 0.1) is 11.8 Å². The summed E-state index contributed by atoms with van der Waals surface area (Å²) >= 11 is 1.42. The molecule has 2 rings (SSSR count). The largest absolute Gasteiger partial charge is 0.461 e. The lowest BCUT2D eigenvalue weighted by Gasteiger charge is -2.14. The second-order valence-electron chi connectivity index (χ2n) is 6.99. The highest BCUT2D eigenvalue weighted by Gasteiger charge is 2.37. The third kappa shape index (κ3) is 7.53. The Morgan fingerprint density at radius 3 is 2.52 bits per heavy atom. The number of thioether (sulfide) groups is 1. The van der Waals surface area contributed by atoms with E-state index < -0.39 is 0 Å². The van der Waals surface area contributed by atoms with Crippen LogP contribution in [0.1, 0.15) is 44.6 Å². The van der Waals surface area contributed by atoms with Gasteiger partial charge in [-0.15, -0.1) is 0 Å². The van der Waals surface area contributed by atoms with E-state index in [0.717, 1.165) is 30.5 Å². The molecule has 1 heterocycles. The molecule has 0 spiro atoms. The molecule has 1 aromatic rings. The van der Waals surface area contributed by atoms with Gasteiger partial charge >= 0.3 is 5.97 Å². The van der Waals surface area contributed by atoms with Crippen molar-refractivity contribution in [2.45, 2.75) is 50.9 Å². The fraction of sp³-hybridized carbons (Fsp3) is 0.524. The Morgan fingerprint density at radius 2 is 1.90 bits per heavy atom. The number of Topliss-reactive ketones (excluding diaryl/α,β-unsaturated/α-hetero) is 1. The lowest BCUT2D eigenvalue weighted by Crippen LogP contribution is -2.32. The molecule has 1 N–H and O–H groups in total. The molecule has 1 saturated heterocycles. The number of carbonyl (C=O) groups excluding carboxylic acids is 4. The van der Waals surface area contributed by atoms with Gasteiger partial charge in [0.2, 0.25) is 11.8 Å². The van der Waals surface area contributed by atoms with Crippen molar-refractivity contribution in [3.05, 3.63) is 29.8 Å². The van der Waals surface area contributed by atoms with Gasteiger partial charge in [-0.2, -0.15) is 11.8 Å². The number of amides is 2. The Bertz CT molecular complexity index is 735. The summed E-state index contributed by atoms with van der Waals surface area (Å²) in [5.41, 5.74) is 1.72. The maximum Gasteiger partial charge on any atom is 0.302 e. The number of hydrogen-bond donors (Lipinski definition) is 1. The Morgan fingerprint density at radius 1 is 1.17 bits per heavy atom. The Balaban J connectivity index is 1.58. The minimum atomic E-state index is -0.319. The molecule has 2 amide bonds. The minimum Gasteiger partial charge on any atom is -0.461 e. The molecule has 8 heteroatoms. The molecule has 1 unspecified atom stereocenters. The number of nitrogens with one attached hydrogen (secondary N) is 1. The molecule has 0 aliphatic carbocycles. The summed E-state index contributed by atoms with van der Waals surface area (Å²) < 4.78 is 4.93. The van der Waals surface area contributed by atoms with Crippen LogP contribution in [0.25, 0.3) is 0 Å². The molecule has 0 saturated carbocycles. The predicted octanol–water partition coefficient (Wildman–Crippen LogP) is 2.78. The fourth-order valence-corrected chi connectivity index (χ4v) is 3.67. The highest BCUT2D eigenvalue weighted by Crippen LogP contribution is 2.23. The molecule has 0 radical (unpaired) electrons. The molecule has 158 valence electrons. The number of rotatable bonds is 12. The van der Waals surface area contributed by atoms with E-state index in [1.165, 1.54) is 23.6 Å². The molecule has 1 aromatic carbocycles. The van der Waals surface area contributed by atoms with Gasteiger partial charge in [-0.25, -0.2) is 0 Å². The highest BCUT2D eigenvalue weighted by molar-refractivity contribution is 8.00. The quantitative estimate of drug-likeness (QED) is 0.316. The van der Waals surface area contributed by atoms with E-state index in [9.17, 15) is 19.2 Å². The number of nitrogens with zero attached hydrogens (tertiary/aromatic N) is 1. The van der Waals surface area contributed by atoms with E-state index in [-0.39, 0.29) is 42.0 Å². The van der Waals surface area contributed by atoms with Crippen LogP contribution in [0.3, 0.4) is 0 Å². The van der Waals surface area contributed by atoms with Crippen LogP contribution in [0.15, 0.2) is 24.3 Å². The number of benzene rings is 1. The smallest absolute Gasteiger partial charge is 0.302 e. The number of carbonyl (C=O) groups is 4. The molecule has 1 atom stereocenters. The Hall–Kier alpha value is -2.35. The SMILES string of the molecule is CSC1CC(=O)N(CCCCCC(=O)CNc2ccc(COC(C)=O)cc2)C1=O. The first-order valence-electron chi connectivity index (χ1n) is 9.75. The topological polar surface area (TPSA) is 92.8 Å². The van der Waals surface area contributed by atoms with Crippen LogP contribution in [0.2, 0.25) is 0 Å². The van der Waals surface area contributed by atoms with Gasteiger partial charge in [-0.05, 0) is 36.8 Å². The number of imide groups is 1. The van der Waals surface area contributed by atoms with E-state index in [1.807, 2.05) is 30.5 Å². The first-order chi connectivity index (χ1) is 13.9. The summed E-state index contributed by atoms with van der Waals surface area (Å²) in [4.78, 5) is 48.1. The van der Waals surface area contributed by atoms with Gasteiger partial charge in [-0.1, -0.05) is 18.6 Å². The van der Waals surface area contributed by atoms with E-state index in [4.69, 9.17) is 4.74 Å². The minimum absolute atomic E-state index is 0.0818. The van der Waals surface area contributed by atoms with Crippen molar-refractivity contribution in [2.24, 2.45) is 0 Å². The van der Waals surface area contributed by atoms with Crippen molar-refractivity contribution >= 4 is 41.0 Å². The molecule has 0 aromatic heterocycles. The van der Waals surface area contributed by atoms with Gasteiger partial charge in [0, 0.05) is 32.0 Å². The highest BCUT2D eigenvalue weighted by atomic mass is 32.2. The second-order valence-corrected chi connectivity index (χ2v) is 8.03. The van der Waals surface area contributed by atoms with Gasteiger partial charge in [0.25, 0.3) is 0 Å². The molecular weight excluding hydrogens is 392 g/mol. The summed E-state index contributed by atoms with van der Waals surface area (Å²) in [5.74, 6) is -0.375. The number of unbranched alkanes of at least 4 members (excludes halogenated alkanes) is 2. The van der Waals surface area contributed by atoms with E-state index in [2.05, 4.69) is 5.32 Å². The van der Waals surface area contributed by atoms with E-state index in [1.54, 1.807) is 0 Å². The number of anilines is 1. The predicted molar refractivity (Wildman–Crippen MR) is 113 cm³/mol. The molecule has 29 heavy (non-hydrogen) atoms.